The molecular weight excluding hydrogens is 387 g/mol. The molecule has 0 aliphatic carbocycles. The number of nitrogens with zero attached hydrogens (tertiary/aromatic N) is 3. The number of nitrogens with two attached hydrogens (primary N) is 1. The van der Waals surface area contributed by atoms with Crippen molar-refractivity contribution in [1.82, 2.24) is 15.0 Å². The number of halogens is 2. The summed E-state index contributed by atoms with van der Waals surface area (Å²) in [7, 11) is 0. The Kier molecular flexibility index (Phi) is 8.75. The average molecular weight is 415 g/mol. The summed E-state index contributed by atoms with van der Waals surface area (Å²) in [6, 6.07) is 7.26. The van der Waals surface area contributed by atoms with Crippen LogP contribution >= 0.6 is 24.8 Å². The van der Waals surface area contributed by atoms with Crippen molar-refractivity contribution in [3.8, 4) is 0 Å². The Labute approximate surface area is 172 Å². The summed E-state index contributed by atoms with van der Waals surface area (Å²) >= 11 is 0. The molecule has 2 heterocycles. The van der Waals surface area contributed by atoms with E-state index in [1.807, 2.05) is 49.9 Å². The average Bonchev–Trinajstić information content (AvgIpc) is 2.94. The minimum Gasteiger partial charge on any atom is -0.361 e. The molecule has 0 radical (unpaired) electrons. The van der Waals surface area contributed by atoms with Crippen molar-refractivity contribution in [1.29, 1.82) is 0 Å². The van der Waals surface area contributed by atoms with Gasteiger partial charge in [-0.2, -0.15) is 0 Å². The highest BCUT2D eigenvalue weighted by Gasteiger charge is 2.27. The van der Waals surface area contributed by atoms with Gasteiger partial charge < -0.3 is 15.2 Å². The molecule has 1 unspecified atom stereocenters. The summed E-state index contributed by atoms with van der Waals surface area (Å²) in [5.74, 6) is 0.873. The van der Waals surface area contributed by atoms with E-state index in [2.05, 4.69) is 10.1 Å². The van der Waals surface area contributed by atoms with Crippen molar-refractivity contribution >= 4 is 30.7 Å². The van der Waals surface area contributed by atoms with Gasteiger partial charge in [0.25, 0.3) is 0 Å². The van der Waals surface area contributed by atoms with Crippen LogP contribution in [0.3, 0.4) is 0 Å². The second-order valence-electron chi connectivity index (χ2n) is 6.79. The van der Waals surface area contributed by atoms with E-state index in [9.17, 15) is 4.79 Å². The number of rotatable bonds is 4. The number of aryl methyl sites for hydroxylation is 3. The fraction of sp³-hybridized carbons (Fsp3) is 0.474. The molecule has 0 spiro atoms. The minimum absolute atomic E-state index is 0. The maximum absolute atomic E-state index is 12.7. The lowest BCUT2D eigenvalue weighted by atomic mass is 10.0. The summed E-state index contributed by atoms with van der Waals surface area (Å²) in [6.45, 7) is 9.79. The standard InChI is InChI=1S/C19H26N4O2.2ClH/c1-13-4-6-16(7-5-13)18(20)19(24)23-10-8-22(9-11-23)12-17-14(2)21-25-15(17)3;;/h4-7,18H,8-12,20H2,1-3H3;2*1H. The van der Waals surface area contributed by atoms with Crippen LogP contribution in [0.1, 0.15) is 34.2 Å². The molecule has 2 aromatic rings. The fourth-order valence-electron chi connectivity index (χ4n) is 3.19. The van der Waals surface area contributed by atoms with Crippen molar-refractivity contribution < 1.29 is 9.32 Å². The SMILES string of the molecule is Cc1ccc(C(N)C(=O)N2CCN(Cc3c(C)noc3C)CC2)cc1.Cl.Cl. The first-order chi connectivity index (χ1) is 12.0. The van der Waals surface area contributed by atoms with E-state index in [0.29, 0.717) is 13.1 Å². The highest BCUT2D eigenvalue weighted by atomic mass is 35.5. The molecule has 1 atom stereocenters. The van der Waals surface area contributed by atoms with Crippen molar-refractivity contribution in [2.24, 2.45) is 5.73 Å². The number of amides is 1. The molecule has 6 nitrogen and oxygen atoms in total. The largest absolute Gasteiger partial charge is 0.361 e. The van der Waals surface area contributed by atoms with Gasteiger partial charge in [-0.1, -0.05) is 35.0 Å². The molecule has 2 N–H and O–H groups in total. The van der Waals surface area contributed by atoms with E-state index in [1.165, 1.54) is 0 Å². The summed E-state index contributed by atoms with van der Waals surface area (Å²) in [5, 5.41) is 4.01. The smallest absolute Gasteiger partial charge is 0.244 e. The number of benzene rings is 1. The summed E-state index contributed by atoms with van der Waals surface area (Å²) in [5.41, 5.74) is 10.3. The monoisotopic (exact) mass is 414 g/mol. The van der Waals surface area contributed by atoms with Crippen molar-refractivity contribution in [3.63, 3.8) is 0 Å². The lowest BCUT2D eigenvalue weighted by Crippen LogP contribution is -2.50. The summed E-state index contributed by atoms with van der Waals surface area (Å²) < 4.78 is 5.23. The van der Waals surface area contributed by atoms with Gasteiger partial charge in [-0.25, -0.2) is 0 Å². The van der Waals surface area contributed by atoms with Gasteiger partial charge >= 0.3 is 0 Å². The Balaban J connectivity index is 0.00000182. The van der Waals surface area contributed by atoms with Crippen molar-refractivity contribution in [2.75, 3.05) is 26.2 Å². The zero-order valence-electron chi connectivity index (χ0n) is 16.0. The predicted molar refractivity (Wildman–Crippen MR) is 110 cm³/mol. The number of hydrogen-bond donors (Lipinski definition) is 1. The topological polar surface area (TPSA) is 75.6 Å². The van der Waals surface area contributed by atoms with Crippen molar-refractivity contribution in [2.45, 2.75) is 33.4 Å². The van der Waals surface area contributed by atoms with E-state index in [0.717, 1.165) is 47.8 Å². The molecule has 1 aliphatic heterocycles. The van der Waals surface area contributed by atoms with E-state index in [-0.39, 0.29) is 30.7 Å². The van der Waals surface area contributed by atoms with Gasteiger partial charge in [-0.3, -0.25) is 9.69 Å². The van der Waals surface area contributed by atoms with Gasteiger partial charge in [-0.15, -0.1) is 24.8 Å². The Hall–Kier alpha value is -1.60. The van der Waals surface area contributed by atoms with Crippen LogP contribution in [0, 0.1) is 20.8 Å². The van der Waals surface area contributed by atoms with Gasteiger partial charge in [0.05, 0.1) is 5.69 Å². The van der Waals surface area contributed by atoms with Crippen LogP contribution in [0.4, 0.5) is 0 Å². The van der Waals surface area contributed by atoms with Gasteiger partial charge in [0, 0.05) is 38.3 Å². The molecule has 1 fully saturated rings. The van der Waals surface area contributed by atoms with E-state index < -0.39 is 6.04 Å². The molecule has 0 saturated carbocycles. The van der Waals surface area contributed by atoms with Gasteiger partial charge in [0.2, 0.25) is 5.91 Å². The predicted octanol–water partition coefficient (Wildman–Crippen LogP) is 2.79. The molecular formula is C19H28Cl2N4O2. The molecule has 27 heavy (non-hydrogen) atoms. The molecule has 8 heteroatoms. The lowest BCUT2D eigenvalue weighted by molar-refractivity contribution is -0.134. The van der Waals surface area contributed by atoms with Gasteiger partial charge in [-0.05, 0) is 26.3 Å². The highest BCUT2D eigenvalue weighted by Crippen LogP contribution is 2.18. The van der Waals surface area contributed by atoms with Crippen LogP contribution in [0.25, 0.3) is 0 Å². The first kappa shape index (κ1) is 23.4. The molecule has 1 saturated heterocycles. The van der Waals surface area contributed by atoms with Crippen LogP contribution in [0.15, 0.2) is 28.8 Å². The minimum atomic E-state index is -0.588. The third kappa shape index (κ3) is 5.45. The number of hydrogen-bond acceptors (Lipinski definition) is 5. The Morgan fingerprint density at radius 3 is 2.22 bits per heavy atom. The van der Waals surface area contributed by atoms with Gasteiger partial charge in [0.1, 0.15) is 11.8 Å². The lowest BCUT2D eigenvalue weighted by Gasteiger charge is -2.35. The first-order valence-electron chi connectivity index (χ1n) is 8.70. The van der Waals surface area contributed by atoms with Crippen LogP contribution in [0.5, 0.6) is 0 Å². The van der Waals surface area contributed by atoms with Crippen LogP contribution in [-0.4, -0.2) is 47.0 Å². The second kappa shape index (κ2) is 10.1. The molecule has 0 bridgehead atoms. The molecule has 1 aromatic heterocycles. The number of piperazine rings is 1. The quantitative estimate of drug-likeness (QED) is 0.831. The third-order valence-electron chi connectivity index (χ3n) is 4.95. The fourth-order valence-corrected chi connectivity index (χ4v) is 3.19. The zero-order valence-corrected chi connectivity index (χ0v) is 17.6. The maximum atomic E-state index is 12.7. The summed E-state index contributed by atoms with van der Waals surface area (Å²) in [4.78, 5) is 16.9. The van der Waals surface area contributed by atoms with Crippen LogP contribution < -0.4 is 5.73 Å². The van der Waals surface area contributed by atoms with Crippen LogP contribution in [-0.2, 0) is 11.3 Å². The maximum Gasteiger partial charge on any atom is 0.244 e. The van der Waals surface area contributed by atoms with Gasteiger partial charge in [0.15, 0.2) is 0 Å². The number of aromatic nitrogens is 1. The normalized spacial score (nSPS) is 15.6. The van der Waals surface area contributed by atoms with Crippen molar-refractivity contribution in [3.05, 3.63) is 52.4 Å². The summed E-state index contributed by atoms with van der Waals surface area (Å²) in [6.07, 6.45) is 0. The van der Waals surface area contributed by atoms with Crippen LogP contribution in [0.2, 0.25) is 0 Å². The molecule has 1 amide bonds. The third-order valence-corrected chi connectivity index (χ3v) is 4.95. The molecule has 1 aromatic carbocycles. The van der Waals surface area contributed by atoms with E-state index in [1.54, 1.807) is 0 Å². The molecule has 150 valence electrons. The Morgan fingerprint density at radius 2 is 1.70 bits per heavy atom. The molecule has 1 aliphatic rings. The Bertz CT molecular complexity index is 721. The zero-order chi connectivity index (χ0) is 18.0. The number of carbonyl (C=O) groups is 1. The van der Waals surface area contributed by atoms with E-state index >= 15 is 0 Å². The second-order valence-corrected chi connectivity index (χ2v) is 6.79. The highest BCUT2D eigenvalue weighted by molar-refractivity contribution is 5.85. The number of carbonyl (C=O) groups excluding carboxylic acids is 1. The molecule has 3 rings (SSSR count). The van der Waals surface area contributed by atoms with E-state index in [4.69, 9.17) is 10.3 Å². The Morgan fingerprint density at radius 1 is 1.11 bits per heavy atom. The first-order valence-corrected chi connectivity index (χ1v) is 8.70.